The average molecular weight is 1040 g/mol. The molecule has 10 rings (SSSR count). The minimum Gasteiger partial charge on any atom is -0.383 e. The molecule has 2 aromatic rings. The Morgan fingerprint density at radius 3 is 1.31 bits per heavy atom. The van der Waals surface area contributed by atoms with Crippen LogP contribution in [0.3, 0.4) is 0 Å². The summed E-state index contributed by atoms with van der Waals surface area (Å²) >= 11 is 1.56. The fourth-order valence-electron chi connectivity index (χ4n) is 15.2. The van der Waals surface area contributed by atoms with E-state index in [1.165, 1.54) is 20.1 Å². The van der Waals surface area contributed by atoms with Crippen LogP contribution in [0.5, 0.6) is 0 Å². The van der Waals surface area contributed by atoms with E-state index in [2.05, 4.69) is 0 Å². The normalized spacial score (nSPS) is 35.5. The lowest BCUT2D eigenvalue weighted by molar-refractivity contribution is -0.362. The Morgan fingerprint density at radius 2 is 0.958 bits per heavy atom. The molecule has 0 amide bonds. The smallest absolute Gasteiger partial charge is 0.383 e. The van der Waals surface area contributed by atoms with E-state index in [4.69, 9.17) is 0 Å². The summed E-state index contributed by atoms with van der Waals surface area (Å²) < 4.78 is 153. The molecule has 8 aliphatic rings. The second-order valence-electron chi connectivity index (χ2n) is 21.7. The highest BCUT2D eigenvalue weighted by Gasteiger charge is 2.80. The van der Waals surface area contributed by atoms with E-state index in [9.17, 15) is 67.9 Å². The van der Waals surface area contributed by atoms with Gasteiger partial charge in [-0.1, -0.05) is 49.3 Å². The van der Waals surface area contributed by atoms with Crippen molar-refractivity contribution in [3.8, 4) is 0 Å². The molecule has 2 aromatic carbocycles. The highest BCUT2D eigenvalue weighted by Crippen LogP contribution is 2.72. The fourth-order valence-corrected chi connectivity index (χ4v) is 16.1. The molecule has 4 unspecified atom stereocenters. The molecule has 0 bridgehead atoms. The maximum Gasteiger partial charge on any atom is 0.456 e. The number of carbonyl (C=O) groups is 2. The van der Waals surface area contributed by atoms with Crippen LogP contribution in [0.1, 0.15) is 127 Å². The van der Waals surface area contributed by atoms with Crippen molar-refractivity contribution in [2.75, 3.05) is 12.5 Å². The number of hydrogen-bond donors (Lipinski definition) is 2. The van der Waals surface area contributed by atoms with Gasteiger partial charge in [-0.3, -0.25) is 13.8 Å². The highest BCUT2D eigenvalue weighted by molar-refractivity contribution is 7.98. The number of hydrogen-bond acceptors (Lipinski definition) is 6. The van der Waals surface area contributed by atoms with Gasteiger partial charge in [0.25, 0.3) is 0 Å². The van der Waals surface area contributed by atoms with Crippen molar-refractivity contribution >= 4 is 34.1 Å². The van der Waals surface area contributed by atoms with Crippen molar-refractivity contribution in [2.45, 2.75) is 161 Å². The Morgan fingerprint density at radius 1 is 0.577 bits per heavy atom. The van der Waals surface area contributed by atoms with Crippen molar-refractivity contribution in [1.29, 1.82) is 0 Å². The molecular weight excluding hydrogens is 983 g/mol. The van der Waals surface area contributed by atoms with Gasteiger partial charge in [-0.25, -0.2) is 0 Å². The van der Waals surface area contributed by atoms with Gasteiger partial charge in [0.1, 0.15) is 11.2 Å². The third-order valence-corrected chi connectivity index (χ3v) is 20.3. The first-order valence-corrected chi connectivity index (χ1v) is 27.2. The van der Waals surface area contributed by atoms with Gasteiger partial charge in [0, 0.05) is 62.4 Å². The molecule has 0 spiro atoms. The maximum absolute atomic E-state index is 15.0. The van der Waals surface area contributed by atoms with Crippen LogP contribution in [0.15, 0.2) is 104 Å². The average Bonchev–Trinajstić information content (AvgIpc) is 3.76. The minimum absolute atomic E-state index is 0.00894. The van der Waals surface area contributed by atoms with E-state index in [0.717, 1.165) is 49.5 Å². The SMILES string of the molecule is CSc1ccc([C@H]2C[C@@]3(C)C(CC[C@@]3(O)C(F)(F)C(F)(F)F)C3CCC4=CC(=O)CCC4=C32)cc1.C[S@@](=O)c1ccc([C@H]2C[C@@]3(C)C(CC[C@@]3(O)C(F)(F)C(F)(F)F)C3CCC4=CC(=O)CCC4=C32)cc1. The van der Waals surface area contributed by atoms with Crippen LogP contribution in [0.4, 0.5) is 43.9 Å². The van der Waals surface area contributed by atoms with Crippen LogP contribution < -0.4 is 0 Å². The van der Waals surface area contributed by atoms with Crippen LogP contribution in [0, 0.1) is 34.5 Å². The first-order valence-electron chi connectivity index (χ1n) is 24.4. The zero-order valence-corrected chi connectivity index (χ0v) is 41.5. The summed E-state index contributed by atoms with van der Waals surface area (Å²) in [6.45, 7) is 2.86. The van der Waals surface area contributed by atoms with Crippen LogP contribution >= 0.6 is 11.8 Å². The third-order valence-electron chi connectivity index (χ3n) is 18.7. The molecule has 4 fully saturated rings. The number of ketones is 2. The third kappa shape index (κ3) is 7.94. The molecule has 0 heterocycles. The zero-order valence-electron chi connectivity index (χ0n) is 39.9. The van der Waals surface area contributed by atoms with E-state index in [0.29, 0.717) is 56.3 Å². The number of carbonyl (C=O) groups excluding carboxylic acids is 2. The van der Waals surface area contributed by atoms with Crippen LogP contribution in [-0.2, 0) is 20.4 Å². The maximum atomic E-state index is 15.0. The van der Waals surface area contributed by atoms with Crippen LogP contribution in [0.25, 0.3) is 0 Å². The zero-order chi connectivity index (χ0) is 51.6. The van der Waals surface area contributed by atoms with E-state index in [1.54, 1.807) is 48.2 Å². The van der Waals surface area contributed by atoms with E-state index in [-0.39, 0.29) is 49.1 Å². The van der Waals surface area contributed by atoms with Gasteiger partial charge >= 0.3 is 24.2 Å². The summed E-state index contributed by atoms with van der Waals surface area (Å²) in [6, 6.07) is 14.6. The second kappa shape index (κ2) is 17.8. The second-order valence-corrected chi connectivity index (χ2v) is 24.0. The summed E-state index contributed by atoms with van der Waals surface area (Å²) in [5.41, 5.74) is -1.95. The highest BCUT2D eigenvalue weighted by atomic mass is 32.2. The lowest BCUT2D eigenvalue weighted by atomic mass is 9.50. The largest absolute Gasteiger partial charge is 0.456 e. The van der Waals surface area contributed by atoms with E-state index >= 15 is 0 Å². The number of fused-ring (bicyclic) bond motifs is 8. The van der Waals surface area contributed by atoms with Gasteiger partial charge in [-0.15, -0.1) is 11.8 Å². The van der Waals surface area contributed by atoms with Crippen molar-refractivity contribution in [3.05, 3.63) is 105 Å². The molecule has 4 saturated carbocycles. The Hall–Kier alpha value is -3.54. The van der Waals surface area contributed by atoms with Gasteiger partial charge in [0.15, 0.2) is 11.6 Å². The molecule has 0 saturated heterocycles. The van der Waals surface area contributed by atoms with E-state index < -0.39 is 93.5 Å². The Kier molecular flexibility index (Phi) is 13.1. The summed E-state index contributed by atoms with van der Waals surface area (Å²) in [6.07, 6.45) is -1.82. The van der Waals surface area contributed by atoms with Crippen molar-refractivity contribution in [1.82, 2.24) is 0 Å². The van der Waals surface area contributed by atoms with Gasteiger partial charge in [0.2, 0.25) is 0 Å². The van der Waals surface area contributed by atoms with Crippen LogP contribution in [0.2, 0.25) is 0 Å². The lowest BCUT2D eigenvalue weighted by Gasteiger charge is -2.56. The molecule has 8 aliphatic carbocycles. The number of thioether (sulfide) groups is 1. The number of rotatable bonds is 6. The van der Waals surface area contributed by atoms with Crippen molar-refractivity contribution in [2.24, 2.45) is 34.5 Å². The fraction of sp³-hybridized carbons (Fsp3) is 0.593. The van der Waals surface area contributed by atoms with Crippen LogP contribution in [-0.4, -0.2) is 73.9 Å². The van der Waals surface area contributed by atoms with Crippen molar-refractivity contribution in [3.63, 3.8) is 0 Å². The predicted molar refractivity (Wildman–Crippen MR) is 249 cm³/mol. The number of allylic oxidation sites excluding steroid dienone is 8. The minimum atomic E-state index is -5.87. The monoisotopic (exact) mass is 1040 g/mol. The molecule has 0 aromatic heterocycles. The first kappa shape index (κ1) is 52.3. The Bertz CT molecular complexity index is 2650. The van der Waals surface area contributed by atoms with Gasteiger partial charge < -0.3 is 10.2 Å². The number of benzene rings is 2. The van der Waals surface area contributed by atoms with Crippen molar-refractivity contribution < 1.29 is 67.9 Å². The molecule has 0 aliphatic heterocycles. The number of alkyl halides is 10. The molecule has 11 atom stereocenters. The first-order chi connectivity index (χ1) is 33.0. The summed E-state index contributed by atoms with van der Waals surface area (Å²) in [5.74, 6) is -12.7. The van der Waals surface area contributed by atoms with Gasteiger partial charge in [0.05, 0.1) is 0 Å². The Balaban J connectivity index is 0.000000176. The summed E-state index contributed by atoms with van der Waals surface area (Å²) in [4.78, 5) is 25.8. The van der Waals surface area contributed by atoms with Gasteiger partial charge in [-0.05, 0) is 177 Å². The molecule has 386 valence electrons. The molecule has 0 radical (unpaired) electrons. The number of aliphatic hydroxyl groups is 2. The molecular formula is C54H58F10O5S2. The quantitative estimate of drug-likeness (QED) is 0.221. The standard InChI is InChI=1S/C27H29F5O3S.C27H29F5O2S/c1-24-14-21(15-3-7-18(8-4-15)36(2)35)23-19-10-6-17(33)13-16(19)5-9-20(23)22(24)11-12-25(24,34)26(28,29)27(30,31)32;1-24-14-21(15-3-7-18(35-2)8-4-15)23-19-10-6-17(33)13-16(19)5-9-20(23)22(24)11-12-25(24,34)26(28,29)27(30,31)32/h3-4,7-8,13,20-22,34H,5-6,9-12,14H2,1-2H3;3-4,7-8,13,20-22,34H,5-6,9-12,14H2,1-2H3/t20?,21-,22?,24+,25+,36-;20?,21-,22?,24+,25+/m11/s1. The number of halogens is 10. The predicted octanol–water partition coefficient (Wildman–Crippen LogP) is 13.5. The molecule has 17 heteroatoms. The Labute approximate surface area is 413 Å². The topological polar surface area (TPSA) is 91.7 Å². The summed E-state index contributed by atoms with van der Waals surface area (Å²) in [7, 11) is -1.23. The van der Waals surface area contributed by atoms with Gasteiger partial charge in [-0.2, -0.15) is 43.9 Å². The molecule has 5 nitrogen and oxygen atoms in total. The lowest BCUT2D eigenvalue weighted by Crippen LogP contribution is -2.65. The molecule has 2 N–H and O–H groups in total. The summed E-state index contributed by atoms with van der Waals surface area (Å²) in [5, 5.41) is 22.5. The van der Waals surface area contributed by atoms with E-state index in [1.807, 2.05) is 30.5 Å². The molecule has 71 heavy (non-hydrogen) atoms.